The number of amides is 1. The van der Waals surface area contributed by atoms with Crippen LogP contribution in [0.15, 0.2) is 61.3 Å². The molecule has 3 aromatic rings. The zero-order valence-corrected chi connectivity index (χ0v) is 15.9. The first-order valence-electron chi connectivity index (χ1n) is 9.50. The Morgan fingerprint density at radius 2 is 2.07 bits per heavy atom. The number of pyridine rings is 1. The maximum absolute atomic E-state index is 13.8. The van der Waals surface area contributed by atoms with Crippen LogP contribution in [0.25, 0.3) is 5.69 Å². The van der Waals surface area contributed by atoms with Crippen LogP contribution in [0.1, 0.15) is 22.1 Å². The number of imidazole rings is 1. The van der Waals surface area contributed by atoms with Crippen molar-refractivity contribution >= 4 is 5.91 Å². The van der Waals surface area contributed by atoms with E-state index in [1.54, 1.807) is 37.1 Å². The summed E-state index contributed by atoms with van der Waals surface area (Å²) >= 11 is 0. The molecule has 0 aliphatic carbocycles. The first kappa shape index (κ1) is 19.2. The lowest BCUT2D eigenvalue weighted by molar-refractivity contribution is 0.0161. The lowest BCUT2D eigenvalue weighted by Gasteiger charge is -2.34. The van der Waals surface area contributed by atoms with Gasteiger partial charge in [0.05, 0.1) is 31.3 Å². The minimum Gasteiger partial charge on any atom is -0.379 e. The van der Waals surface area contributed by atoms with Crippen LogP contribution in [0.3, 0.4) is 0 Å². The van der Waals surface area contributed by atoms with Gasteiger partial charge in [0, 0.05) is 38.2 Å². The molecule has 1 aliphatic heterocycles. The summed E-state index contributed by atoms with van der Waals surface area (Å²) in [5.41, 5.74) is 1.95. The van der Waals surface area contributed by atoms with Gasteiger partial charge >= 0.3 is 0 Å². The molecule has 150 valence electrons. The van der Waals surface area contributed by atoms with Crippen LogP contribution >= 0.6 is 0 Å². The van der Waals surface area contributed by atoms with Crippen LogP contribution in [0, 0.1) is 5.82 Å². The summed E-state index contributed by atoms with van der Waals surface area (Å²) in [6.07, 6.45) is 6.73. The number of nitrogens with one attached hydrogen (secondary N) is 1. The second-order valence-electron chi connectivity index (χ2n) is 6.80. The molecule has 29 heavy (non-hydrogen) atoms. The van der Waals surface area contributed by atoms with Crippen molar-refractivity contribution in [2.75, 3.05) is 32.8 Å². The quantitative estimate of drug-likeness (QED) is 0.693. The Morgan fingerprint density at radius 3 is 2.83 bits per heavy atom. The van der Waals surface area contributed by atoms with E-state index in [0.29, 0.717) is 25.5 Å². The van der Waals surface area contributed by atoms with Gasteiger partial charge in [-0.2, -0.15) is 0 Å². The van der Waals surface area contributed by atoms with E-state index >= 15 is 0 Å². The Balaban J connectivity index is 1.49. The monoisotopic (exact) mass is 395 g/mol. The standard InChI is InChI=1S/C21H22FN5O2/c22-17-3-1-2-16(12-17)20(26-8-10-29-11-9-26)14-25-21(28)19-13-18(4-5-24-19)27-7-6-23-15-27/h1-7,12-13,15,20H,8-11,14H2,(H,25,28)/t20-/m1/s1. The number of ether oxygens (including phenoxy) is 1. The van der Waals surface area contributed by atoms with Crippen LogP contribution in [0.4, 0.5) is 4.39 Å². The predicted molar refractivity (Wildman–Crippen MR) is 105 cm³/mol. The van der Waals surface area contributed by atoms with Crippen LogP contribution in [0.2, 0.25) is 0 Å². The van der Waals surface area contributed by atoms with Gasteiger partial charge in [0.25, 0.3) is 5.91 Å². The molecule has 0 bridgehead atoms. The molecule has 1 atom stereocenters. The number of carbonyl (C=O) groups excluding carboxylic acids is 1. The molecule has 1 aliphatic rings. The average molecular weight is 395 g/mol. The molecule has 1 amide bonds. The molecule has 1 aromatic carbocycles. The molecule has 0 saturated carbocycles. The number of carbonyl (C=O) groups is 1. The van der Waals surface area contributed by atoms with E-state index in [-0.39, 0.29) is 17.8 Å². The van der Waals surface area contributed by atoms with Gasteiger partial charge in [0.15, 0.2) is 0 Å². The lowest BCUT2D eigenvalue weighted by Crippen LogP contribution is -2.44. The van der Waals surface area contributed by atoms with Gasteiger partial charge in [0.1, 0.15) is 11.5 Å². The highest BCUT2D eigenvalue weighted by Gasteiger charge is 2.24. The Bertz CT molecular complexity index is 957. The largest absolute Gasteiger partial charge is 0.379 e. The van der Waals surface area contributed by atoms with Crippen molar-refractivity contribution in [2.45, 2.75) is 6.04 Å². The first-order valence-corrected chi connectivity index (χ1v) is 9.50. The van der Waals surface area contributed by atoms with E-state index in [2.05, 4.69) is 20.2 Å². The molecule has 4 rings (SSSR count). The molecule has 1 fully saturated rings. The van der Waals surface area contributed by atoms with Crippen molar-refractivity contribution < 1.29 is 13.9 Å². The maximum atomic E-state index is 13.8. The normalized spacial score (nSPS) is 15.8. The molecular formula is C21H22FN5O2. The Hall–Kier alpha value is -3.10. The molecule has 0 unspecified atom stereocenters. The van der Waals surface area contributed by atoms with Crippen molar-refractivity contribution in [2.24, 2.45) is 0 Å². The summed E-state index contributed by atoms with van der Waals surface area (Å²) in [4.78, 5) is 23.1. The lowest BCUT2D eigenvalue weighted by atomic mass is 10.0. The third-order valence-corrected chi connectivity index (χ3v) is 4.95. The number of benzene rings is 1. The second kappa shape index (κ2) is 8.93. The van der Waals surface area contributed by atoms with Gasteiger partial charge in [-0.05, 0) is 29.8 Å². The predicted octanol–water partition coefficient (Wildman–Crippen LogP) is 2.21. The van der Waals surface area contributed by atoms with Crippen LogP contribution in [-0.4, -0.2) is 58.2 Å². The number of hydrogen-bond donors (Lipinski definition) is 1. The molecule has 3 heterocycles. The van der Waals surface area contributed by atoms with Gasteiger partial charge in [-0.25, -0.2) is 9.37 Å². The molecule has 0 spiro atoms. The average Bonchev–Trinajstić information content (AvgIpc) is 3.30. The van der Waals surface area contributed by atoms with Crippen molar-refractivity contribution in [3.63, 3.8) is 0 Å². The molecule has 8 heteroatoms. The van der Waals surface area contributed by atoms with Gasteiger partial charge in [-0.15, -0.1) is 0 Å². The summed E-state index contributed by atoms with van der Waals surface area (Å²) in [5, 5.41) is 2.96. The smallest absolute Gasteiger partial charge is 0.270 e. The van der Waals surface area contributed by atoms with Gasteiger partial charge in [-0.1, -0.05) is 12.1 Å². The maximum Gasteiger partial charge on any atom is 0.270 e. The number of rotatable bonds is 6. The molecule has 1 saturated heterocycles. The minimum atomic E-state index is -0.290. The summed E-state index contributed by atoms with van der Waals surface area (Å²) in [6, 6.07) is 9.89. The van der Waals surface area contributed by atoms with E-state index in [0.717, 1.165) is 24.3 Å². The fourth-order valence-corrected chi connectivity index (χ4v) is 3.46. The van der Waals surface area contributed by atoms with Crippen molar-refractivity contribution in [1.82, 2.24) is 24.8 Å². The molecule has 2 aromatic heterocycles. The highest BCUT2D eigenvalue weighted by Crippen LogP contribution is 2.22. The summed E-state index contributed by atoms with van der Waals surface area (Å²) in [5.74, 6) is -0.566. The molecule has 0 radical (unpaired) electrons. The van der Waals surface area contributed by atoms with E-state index in [1.807, 2.05) is 16.7 Å². The number of hydrogen-bond acceptors (Lipinski definition) is 5. The van der Waals surface area contributed by atoms with Crippen LogP contribution in [0.5, 0.6) is 0 Å². The Morgan fingerprint density at radius 1 is 1.21 bits per heavy atom. The zero-order chi connectivity index (χ0) is 20.1. The molecular weight excluding hydrogens is 373 g/mol. The van der Waals surface area contributed by atoms with E-state index < -0.39 is 0 Å². The molecule has 7 nitrogen and oxygen atoms in total. The number of aromatic nitrogens is 3. The van der Waals surface area contributed by atoms with Crippen LogP contribution in [-0.2, 0) is 4.74 Å². The third kappa shape index (κ3) is 4.67. The zero-order valence-electron chi connectivity index (χ0n) is 15.9. The second-order valence-corrected chi connectivity index (χ2v) is 6.80. The fourth-order valence-electron chi connectivity index (χ4n) is 3.46. The molecule has 1 N–H and O–H groups in total. The van der Waals surface area contributed by atoms with Crippen LogP contribution < -0.4 is 5.32 Å². The van der Waals surface area contributed by atoms with E-state index in [1.165, 1.54) is 12.1 Å². The summed E-state index contributed by atoms with van der Waals surface area (Å²) in [6.45, 7) is 3.04. The van der Waals surface area contributed by atoms with Gasteiger partial charge in [-0.3, -0.25) is 14.7 Å². The highest BCUT2D eigenvalue weighted by molar-refractivity contribution is 5.92. The fraction of sp³-hybridized carbons (Fsp3) is 0.286. The van der Waals surface area contributed by atoms with Gasteiger partial charge < -0.3 is 14.6 Å². The van der Waals surface area contributed by atoms with Crippen molar-refractivity contribution in [3.05, 3.63) is 78.4 Å². The third-order valence-electron chi connectivity index (χ3n) is 4.95. The van der Waals surface area contributed by atoms with E-state index in [4.69, 9.17) is 4.74 Å². The SMILES string of the molecule is O=C(NC[C@H](c1cccc(F)c1)N1CCOCC1)c1cc(-n2ccnc2)ccn1. The Kier molecular flexibility index (Phi) is 5.92. The first-order chi connectivity index (χ1) is 14.2. The number of nitrogens with zero attached hydrogens (tertiary/aromatic N) is 4. The number of morpholine rings is 1. The number of halogens is 1. The van der Waals surface area contributed by atoms with Crippen molar-refractivity contribution in [3.8, 4) is 5.69 Å². The highest BCUT2D eigenvalue weighted by atomic mass is 19.1. The van der Waals surface area contributed by atoms with E-state index in [9.17, 15) is 9.18 Å². The van der Waals surface area contributed by atoms with Crippen molar-refractivity contribution in [1.29, 1.82) is 0 Å². The topological polar surface area (TPSA) is 72.3 Å². The summed E-state index contributed by atoms with van der Waals surface area (Å²) in [7, 11) is 0. The summed E-state index contributed by atoms with van der Waals surface area (Å²) < 4.78 is 21.0. The minimum absolute atomic E-state index is 0.143. The van der Waals surface area contributed by atoms with Gasteiger partial charge in [0.2, 0.25) is 0 Å². The Labute approximate surface area is 168 Å².